The Bertz CT molecular complexity index is 519. The molecule has 0 aliphatic carbocycles. The largest absolute Gasteiger partial charge is 0.260 e. The van der Waals surface area contributed by atoms with Gasteiger partial charge in [0.05, 0.1) is 0 Å². The number of allylic oxidation sites excluding steroid dienone is 1. The van der Waals surface area contributed by atoms with Crippen molar-refractivity contribution in [2.75, 3.05) is 5.75 Å². The zero-order valence-corrected chi connectivity index (χ0v) is 9.08. The highest BCUT2D eigenvalue weighted by Gasteiger charge is 2.13. The van der Waals surface area contributed by atoms with Gasteiger partial charge in [-0.1, -0.05) is 30.3 Å². The zero-order valence-electron chi connectivity index (χ0n) is 8.26. The Hall–Kier alpha value is -1.28. The fourth-order valence-corrected chi connectivity index (χ4v) is 2.75. The number of pyridine rings is 1. The van der Waals surface area contributed by atoms with Gasteiger partial charge in [0.1, 0.15) is 0 Å². The van der Waals surface area contributed by atoms with Crippen LogP contribution in [-0.2, 0) is 0 Å². The summed E-state index contributed by atoms with van der Waals surface area (Å²) in [5.74, 6) is 1.63. The van der Waals surface area contributed by atoms with Crippen molar-refractivity contribution < 1.29 is 0 Å². The van der Waals surface area contributed by atoms with Gasteiger partial charge in [-0.25, -0.2) is 0 Å². The average Bonchev–Trinajstić information content (AvgIpc) is 2.82. The summed E-state index contributed by atoms with van der Waals surface area (Å²) in [6.45, 7) is 0. The molecule has 0 N–H and O–H groups in total. The van der Waals surface area contributed by atoms with Crippen molar-refractivity contribution in [2.45, 2.75) is 5.92 Å². The molecular formula is C13H11NS. The molecule has 1 aliphatic rings. The molecule has 1 atom stereocenters. The molecule has 1 unspecified atom stereocenters. The van der Waals surface area contributed by atoms with E-state index in [-0.39, 0.29) is 0 Å². The summed E-state index contributed by atoms with van der Waals surface area (Å²) in [6.07, 6.45) is 4.21. The summed E-state index contributed by atoms with van der Waals surface area (Å²) in [5, 5.41) is 4.67. The first-order valence-corrected chi connectivity index (χ1v) is 6.11. The standard InChI is InChI=1S/C13H11NS/c1-2-4-11-8-14-13(7-10(11)3-1)12-5-6-15-9-12/h1-8,12H,9H2. The summed E-state index contributed by atoms with van der Waals surface area (Å²) in [7, 11) is 0. The van der Waals surface area contributed by atoms with Crippen LogP contribution in [0.1, 0.15) is 11.6 Å². The van der Waals surface area contributed by atoms with Gasteiger partial charge in [0, 0.05) is 28.9 Å². The lowest BCUT2D eigenvalue weighted by Gasteiger charge is -2.07. The maximum atomic E-state index is 4.52. The maximum Gasteiger partial charge on any atom is 0.0487 e. The van der Waals surface area contributed by atoms with E-state index in [1.165, 1.54) is 16.5 Å². The number of nitrogens with zero attached hydrogens (tertiary/aromatic N) is 1. The van der Waals surface area contributed by atoms with E-state index in [1.54, 1.807) is 0 Å². The van der Waals surface area contributed by atoms with E-state index in [0.717, 1.165) is 5.75 Å². The molecule has 1 aromatic heterocycles. The predicted octanol–water partition coefficient (Wildman–Crippen LogP) is 3.58. The molecule has 0 spiro atoms. The first-order chi connectivity index (χ1) is 7.43. The van der Waals surface area contributed by atoms with E-state index in [1.807, 2.05) is 18.0 Å². The Morgan fingerprint density at radius 3 is 2.87 bits per heavy atom. The first-order valence-electron chi connectivity index (χ1n) is 5.06. The number of fused-ring (bicyclic) bond motifs is 1. The van der Waals surface area contributed by atoms with E-state index in [9.17, 15) is 0 Å². The topological polar surface area (TPSA) is 12.9 Å². The van der Waals surface area contributed by atoms with Crippen molar-refractivity contribution in [3.63, 3.8) is 0 Å². The number of aromatic nitrogens is 1. The number of hydrogen-bond acceptors (Lipinski definition) is 2. The number of thioether (sulfide) groups is 1. The Morgan fingerprint density at radius 2 is 2.07 bits per heavy atom. The molecule has 15 heavy (non-hydrogen) atoms. The van der Waals surface area contributed by atoms with Crippen molar-refractivity contribution in [1.82, 2.24) is 4.98 Å². The minimum absolute atomic E-state index is 0.500. The molecule has 1 aromatic carbocycles. The van der Waals surface area contributed by atoms with Crippen LogP contribution in [0.15, 0.2) is 48.0 Å². The molecular weight excluding hydrogens is 202 g/mol. The van der Waals surface area contributed by atoms with Crippen molar-refractivity contribution in [1.29, 1.82) is 0 Å². The van der Waals surface area contributed by atoms with Crippen LogP contribution in [-0.4, -0.2) is 10.7 Å². The second kappa shape index (κ2) is 3.70. The van der Waals surface area contributed by atoms with Crippen molar-refractivity contribution in [3.05, 3.63) is 53.7 Å². The maximum absolute atomic E-state index is 4.52. The summed E-state index contributed by atoms with van der Waals surface area (Å²) in [6, 6.07) is 10.6. The highest BCUT2D eigenvalue weighted by atomic mass is 32.2. The Morgan fingerprint density at radius 1 is 1.20 bits per heavy atom. The van der Waals surface area contributed by atoms with Gasteiger partial charge in [0.15, 0.2) is 0 Å². The van der Waals surface area contributed by atoms with Crippen LogP contribution in [0.25, 0.3) is 10.8 Å². The summed E-state index contributed by atoms with van der Waals surface area (Å²) in [4.78, 5) is 4.52. The summed E-state index contributed by atoms with van der Waals surface area (Å²) in [5.41, 5.74) is 1.19. The van der Waals surface area contributed by atoms with E-state index >= 15 is 0 Å². The van der Waals surface area contributed by atoms with Gasteiger partial charge in [0.2, 0.25) is 0 Å². The van der Waals surface area contributed by atoms with Crippen molar-refractivity contribution in [2.24, 2.45) is 0 Å². The van der Waals surface area contributed by atoms with E-state index in [2.05, 4.69) is 46.8 Å². The first kappa shape index (κ1) is 8.98. The SMILES string of the molecule is C1=CC(c2cc3ccccc3cn2)CS1. The fourth-order valence-electron chi connectivity index (χ4n) is 1.85. The highest BCUT2D eigenvalue weighted by molar-refractivity contribution is 8.02. The molecule has 3 rings (SSSR count). The lowest BCUT2D eigenvalue weighted by molar-refractivity contribution is 0.937. The minimum atomic E-state index is 0.500. The molecule has 1 aliphatic heterocycles. The van der Waals surface area contributed by atoms with Gasteiger partial charge >= 0.3 is 0 Å². The van der Waals surface area contributed by atoms with Crippen LogP contribution in [0.4, 0.5) is 0 Å². The molecule has 2 heterocycles. The molecule has 1 nitrogen and oxygen atoms in total. The molecule has 0 radical (unpaired) electrons. The van der Waals surface area contributed by atoms with Crippen LogP contribution < -0.4 is 0 Å². The third-order valence-corrected chi connectivity index (χ3v) is 3.62. The Kier molecular flexibility index (Phi) is 2.22. The van der Waals surface area contributed by atoms with Gasteiger partial charge in [-0.15, -0.1) is 11.8 Å². The van der Waals surface area contributed by atoms with Crippen LogP contribution in [0.2, 0.25) is 0 Å². The molecule has 0 amide bonds. The molecule has 0 bridgehead atoms. The van der Waals surface area contributed by atoms with E-state index in [0.29, 0.717) is 5.92 Å². The van der Waals surface area contributed by atoms with Gasteiger partial charge in [-0.2, -0.15) is 0 Å². The summed E-state index contributed by atoms with van der Waals surface area (Å²) < 4.78 is 0. The highest BCUT2D eigenvalue weighted by Crippen LogP contribution is 2.29. The van der Waals surface area contributed by atoms with Crippen LogP contribution in [0.5, 0.6) is 0 Å². The number of rotatable bonds is 1. The monoisotopic (exact) mass is 213 g/mol. The molecule has 74 valence electrons. The van der Waals surface area contributed by atoms with Crippen LogP contribution in [0.3, 0.4) is 0 Å². The predicted molar refractivity (Wildman–Crippen MR) is 66.1 cm³/mol. The second-order valence-electron chi connectivity index (χ2n) is 3.72. The van der Waals surface area contributed by atoms with Crippen LogP contribution >= 0.6 is 11.8 Å². The van der Waals surface area contributed by atoms with Gasteiger partial charge in [-0.05, 0) is 16.9 Å². The van der Waals surface area contributed by atoms with E-state index < -0.39 is 0 Å². The third kappa shape index (κ3) is 1.65. The molecule has 0 saturated carbocycles. The Labute approximate surface area is 93.2 Å². The van der Waals surface area contributed by atoms with Gasteiger partial charge < -0.3 is 0 Å². The summed E-state index contributed by atoms with van der Waals surface area (Å²) >= 11 is 1.86. The second-order valence-corrected chi connectivity index (χ2v) is 4.66. The minimum Gasteiger partial charge on any atom is -0.260 e. The number of benzene rings is 1. The normalized spacial score (nSPS) is 19.9. The smallest absolute Gasteiger partial charge is 0.0487 e. The third-order valence-electron chi connectivity index (χ3n) is 2.71. The van der Waals surface area contributed by atoms with Crippen molar-refractivity contribution in [3.8, 4) is 0 Å². The molecule has 0 saturated heterocycles. The zero-order chi connectivity index (χ0) is 10.1. The average molecular weight is 213 g/mol. The van der Waals surface area contributed by atoms with E-state index in [4.69, 9.17) is 0 Å². The van der Waals surface area contributed by atoms with Crippen molar-refractivity contribution >= 4 is 22.5 Å². The van der Waals surface area contributed by atoms with Gasteiger partial charge in [-0.3, -0.25) is 4.98 Å². The molecule has 2 heteroatoms. The lowest BCUT2D eigenvalue weighted by atomic mass is 10.0. The fraction of sp³-hybridized carbons (Fsp3) is 0.154. The van der Waals surface area contributed by atoms with Crippen LogP contribution in [0, 0.1) is 0 Å². The Balaban J connectivity index is 2.09. The lowest BCUT2D eigenvalue weighted by Crippen LogP contribution is -1.97. The van der Waals surface area contributed by atoms with Gasteiger partial charge in [0.25, 0.3) is 0 Å². The molecule has 0 fully saturated rings. The number of hydrogen-bond donors (Lipinski definition) is 0. The molecule has 2 aromatic rings. The quantitative estimate of drug-likeness (QED) is 0.718.